The molecular weight excluding hydrogens is 642 g/mol. The Labute approximate surface area is 287 Å². The summed E-state index contributed by atoms with van der Waals surface area (Å²) in [5.41, 5.74) is 6.91. The van der Waals surface area contributed by atoms with Gasteiger partial charge in [0.2, 0.25) is 0 Å². The number of nitrogens with zero attached hydrogens (tertiary/aromatic N) is 7. The van der Waals surface area contributed by atoms with Crippen LogP contribution in [0.5, 0.6) is 0 Å². The Morgan fingerprint density at radius 3 is 2.71 bits per heavy atom. The zero-order chi connectivity index (χ0) is 32.6. The van der Waals surface area contributed by atoms with Gasteiger partial charge in [0.15, 0.2) is 0 Å². The molecule has 2 aromatic carbocycles. The van der Waals surface area contributed by atoms with Crippen LogP contribution in [0.4, 0.5) is 11.4 Å². The van der Waals surface area contributed by atoms with Crippen molar-refractivity contribution in [3.05, 3.63) is 98.1 Å². The Hall–Kier alpha value is -4.52. The second-order valence-electron chi connectivity index (χ2n) is 12.8. The average molecular weight is 676 g/mol. The molecule has 0 amide bonds. The second-order valence-corrected chi connectivity index (χ2v) is 14.1. The van der Waals surface area contributed by atoms with E-state index in [2.05, 4.69) is 54.5 Å². The molecule has 1 saturated carbocycles. The van der Waals surface area contributed by atoms with Crippen molar-refractivity contribution in [2.24, 2.45) is 0 Å². The summed E-state index contributed by atoms with van der Waals surface area (Å²) < 4.78 is 7.47. The number of benzene rings is 2. The molecular formula is C36H34ClN9OS. The molecule has 2 N–H and O–H groups in total. The smallest absolute Gasteiger partial charge is 0.110 e. The van der Waals surface area contributed by atoms with Crippen LogP contribution in [0.25, 0.3) is 10.9 Å². The van der Waals surface area contributed by atoms with Gasteiger partial charge in [0.05, 0.1) is 71.4 Å². The van der Waals surface area contributed by atoms with E-state index < -0.39 is 0 Å². The Balaban J connectivity index is 1.18. The van der Waals surface area contributed by atoms with E-state index in [1.807, 2.05) is 58.5 Å². The third-order valence-electron chi connectivity index (χ3n) is 9.62. The summed E-state index contributed by atoms with van der Waals surface area (Å²) in [6.45, 7) is 3.56. The maximum Gasteiger partial charge on any atom is 0.110 e. The highest BCUT2D eigenvalue weighted by atomic mass is 35.5. The molecule has 2 fully saturated rings. The Morgan fingerprint density at radius 2 is 1.96 bits per heavy atom. The third-order valence-corrected chi connectivity index (χ3v) is 10.9. The van der Waals surface area contributed by atoms with Crippen molar-refractivity contribution in [1.82, 2.24) is 24.9 Å². The largest absolute Gasteiger partial charge is 0.378 e. The fourth-order valence-corrected chi connectivity index (χ4v) is 8.17. The average Bonchev–Trinajstić information content (AvgIpc) is 3.67. The lowest BCUT2D eigenvalue weighted by Gasteiger charge is -2.39. The van der Waals surface area contributed by atoms with E-state index in [1.165, 1.54) is 16.0 Å². The number of thiophene rings is 1. The van der Waals surface area contributed by atoms with Crippen molar-refractivity contribution < 1.29 is 4.74 Å². The predicted octanol–water partition coefficient (Wildman–Crippen LogP) is 7.16. The summed E-state index contributed by atoms with van der Waals surface area (Å²) in [6.07, 6.45) is 7.79. The fraction of sp³-hybridized carbons (Fsp3) is 0.361. The topological polar surface area (TPSA) is 128 Å². The number of pyridine rings is 1. The lowest BCUT2D eigenvalue weighted by atomic mass is 9.95. The second kappa shape index (κ2) is 13.2. The summed E-state index contributed by atoms with van der Waals surface area (Å²) in [5, 5.41) is 39.6. The Morgan fingerprint density at radius 1 is 1.10 bits per heavy atom. The lowest BCUT2D eigenvalue weighted by Crippen LogP contribution is -2.50. The van der Waals surface area contributed by atoms with Crippen LogP contribution in [-0.4, -0.2) is 50.7 Å². The van der Waals surface area contributed by atoms with Crippen LogP contribution < -0.4 is 10.6 Å². The molecule has 1 aliphatic carbocycles. The van der Waals surface area contributed by atoms with Crippen LogP contribution in [0.3, 0.4) is 0 Å². The molecule has 12 heteroatoms. The lowest BCUT2D eigenvalue weighted by molar-refractivity contribution is -0.0691. The number of nitriles is 2. The van der Waals surface area contributed by atoms with Gasteiger partial charge in [0, 0.05) is 41.7 Å². The molecule has 48 heavy (non-hydrogen) atoms. The molecule has 3 aliphatic rings. The Bertz CT molecular complexity index is 2040. The predicted molar refractivity (Wildman–Crippen MR) is 186 cm³/mol. The van der Waals surface area contributed by atoms with E-state index in [0.29, 0.717) is 46.7 Å². The molecule has 5 heterocycles. The first-order chi connectivity index (χ1) is 23.6. The number of hydrogen-bond donors (Lipinski definition) is 2. The van der Waals surface area contributed by atoms with Gasteiger partial charge in [0.25, 0.3) is 0 Å². The van der Waals surface area contributed by atoms with Gasteiger partial charge in [-0.05, 0) is 59.9 Å². The van der Waals surface area contributed by atoms with Crippen LogP contribution in [0, 0.1) is 22.7 Å². The molecule has 3 aromatic heterocycles. The number of fused-ring (bicyclic) bond motifs is 2. The zero-order valence-corrected chi connectivity index (χ0v) is 27.8. The minimum atomic E-state index is -0.249. The summed E-state index contributed by atoms with van der Waals surface area (Å²) in [5.74, 6) is 0. The molecule has 0 radical (unpaired) electrons. The normalized spacial score (nSPS) is 17.6. The monoisotopic (exact) mass is 675 g/mol. The summed E-state index contributed by atoms with van der Waals surface area (Å²) in [4.78, 5) is 8.52. The number of nitrogens with one attached hydrogen (secondary N) is 2. The van der Waals surface area contributed by atoms with E-state index in [9.17, 15) is 10.5 Å². The van der Waals surface area contributed by atoms with Gasteiger partial charge >= 0.3 is 0 Å². The van der Waals surface area contributed by atoms with Crippen molar-refractivity contribution in [3.8, 4) is 12.1 Å². The molecule has 1 unspecified atom stereocenters. The molecule has 0 bridgehead atoms. The molecule has 242 valence electrons. The minimum Gasteiger partial charge on any atom is -0.378 e. The molecule has 10 nitrogen and oxygen atoms in total. The fourth-order valence-electron chi connectivity index (χ4n) is 6.75. The molecule has 5 aromatic rings. The van der Waals surface area contributed by atoms with Crippen molar-refractivity contribution in [3.63, 3.8) is 0 Å². The van der Waals surface area contributed by atoms with Crippen LogP contribution in [0.1, 0.15) is 76.6 Å². The van der Waals surface area contributed by atoms with Gasteiger partial charge in [-0.1, -0.05) is 47.1 Å². The highest BCUT2D eigenvalue weighted by molar-refractivity contribution is 7.10. The van der Waals surface area contributed by atoms with E-state index in [-0.39, 0.29) is 12.1 Å². The first kappa shape index (κ1) is 30.8. The van der Waals surface area contributed by atoms with Crippen LogP contribution in [0.15, 0.2) is 60.2 Å². The van der Waals surface area contributed by atoms with Crippen LogP contribution >= 0.6 is 22.9 Å². The number of anilines is 2. The van der Waals surface area contributed by atoms with Crippen molar-refractivity contribution in [2.45, 2.75) is 62.8 Å². The molecule has 2 atom stereocenters. The van der Waals surface area contributed by atoms with Crippen molar-refractivity contribution in [2.75, 3.05) is 30.4 Å². The molecule has 8 rings (SSSR count). The quantitative estimate of drug-likeness (QED) is 0.150. The van der Waals surface area contributed by atoms with Gasteiger partial charge in [-0.3, -0.25) is 9.88 Å². The van der Waals surface area contributed by atoms with E-state index in [0.717, 1.165) is 67.9 Å². The number of rotatable bonds is 11. The highest BCUT2D eigenvalue weighted by Crippen LogP contribution is 2.41. The van der Waals surface area contributed by atoms with Gasteiger partial charge in [-0.2, -0.15) is 10.5 Å². The number of halogens is 1. The molecule has 0 spiro atoms. The summed E-state index contributed by atoms with van der Waals surface area (Å²) >= 11 is 8.76. The molecule has 2 aliphatic heterocycles. The zero-order valence-electron chi connectivity index (χ0n) is 26.3. The standard InChI is InChI=1S/C36H34ClN9OS/c37-30-14-24(13-28-34(23(15-39)16-40-35(28)30)42-31(7-4-11-38)22-5-2-1-3-6-22)41-36(32-17-46(44-43-32)25-8-9-25)29-21-48-33-18-45(12-10-27(29)33)26-19-47-20-26/h1-3,5-6,13-14,16-17,21,25-26,31,36,41H,4,7-10,12,18-20H2,(H,40,42)/t31?,36-/m1/s1. The number of hydrogen-bond acceptors (Lipinski definition) is 10. The van der Waals surface area contributed by atoms with E-state index in [1.54, 1.807) is 6.20 Å². The number of ether oxygens (including phenoxy) is 1. The van der Waals surface area contributed by atoms with Gasteiger partial charge in [-0.15, -0.1) is 16.4 Å². The minimum absolute atomic E-state index is 0.187. The third kappa shape index (κ3) is 5.99. The van der Waals surface area contributed by atoms with Crippen LogP contribution in [-0.2, 0) is 17.7 Å². The van der Waals surface area contributed by atoms with Gasteiger partial charge < -0.3 is 15.4 Å². The summed E-state index contributed by atoms with van der Waals surface area (Å²) in [7, 11) is 0. The van der Waals surface area contributed by atoms with Crippen molar-refractivity contribution in [1.29, 1.82) is 10.5 Å². The summed E-state index contributed by atoms with van der Waals surface area (Å²) in [6, 6.07) is 19.0. The maximum absolute atomic E-state index is 10.2. The van der Waals surface area contributed by atoms with Gasteiger partial charge in [0.1, 0.15) is 11.8 Å². The Kier molecular flexibility index (Phi) is 8.45. The first-order valence-corrected chi connectivity index (χ1v) is 17.7. The first-order valence-electron chi connectivity index (χ1n) is 16.4. The van der Waals surface area contributed by atoms with Crippen molar-refractivity contribution >= 4 is 45.2 Å². The van der Waals surface area contributed by atoms with Crippen LogP contribution in [0.2, 0.25) is 5.02 Å². The number of aromatic nitrogens is 4. The van der Waals surface area contributed by atoms with Gasteiger partial charge in [-0.25, -0.2) is 4.68 Å². The maximum atomic E-state index is 10.2. The molecule has 1 saturated heterocycles. The van der Waals surface area contributed by atoms with E-state index in [4.69, 9.17) is 16.3 Å². The highest BCUT2D eigenvalue weighted by Gasteiger charge is 2.33. The van der Waals surface area contributed by atoms with E-state index >= 15 is 0 Å². The SMILES string of the molecule is N#CCCC(Nc1c(C#N)cnc2c(Cl)cc(N[C@@H](c3cn(C4CC4)nn3)c3csc4c3CCN(C3COC3)C4)cc12)c1ccccc1.